The molecule has 0 unspecified atom stereocenters. The van der Waals surface area contributed by atoms with Crippen molar-refractivity contribution >= 4 is 5.97 Å². The van der Waals surface area contributed by atoms with Crippen molar-refractivity contribution in [2.45, 2.75) is 33.6 Å². The molecular weight excluding hydrogens is 216 g/mol. The van der Waals surface area contributed by atoms with E-state index in [0.717, 1.165) is 26.2 Å². The first-order valence-corrected chi connectivity index (χ1v) is 6.51. The number of aliphatic carboxylic acids is 1. The van der Waals surface area contributed by atoms with Gasteiger partial charge in [0, 0.05) is 25.2 Å². The molecule has 0 saturated heterocycles. The zero-order chi connectivity index (χ0) is 13.1. The van der Waals surface area contributed by atoms with Crippen LogP contribution in [0.1, 0.15) is 33.6 Å². The lowest BCUT2D eigenvalue weighted by molar-refractivity contribution is -0.132. The molecule has 0 heterocycles. The predicted molar refractivity (Wildman–Crippen MR) is 71.3 cm³/mol. The van der Waals surface area contributed by atoms with Gasteiger partial charge in [0.15, 0.2) is 0 Å². The van der Waals surface area contributed by atoms with Crippen LogP contribution in [-0.2, 0) is 4.79 Å². The summed E-state index contributed by atoms with van der Waals surface area (Å²) >= 11 is 0. The summed E-state index contributed by atoms with van der Waals surface area (Å²) < 4.78 is 0. The van der Waals surface area contributed by atoms with Crippen LogP contribution in [0.15, 0.2) is 11.6 Å². The number of nitrogens with one attached hydrogen (secondary N) is 1. The van der Waals surface area contributed by atoms with Gasteiger partial charge in [-0.1, -0.05) is 26.8 Å². The smallest absolute Gasteiger partial charge is 0.331 e. The number of hydrogen-bond donors (Lipinski definition) is 2. The van der Waals surface area contributed by atoms with Crippen LogP contribution in [-0.4, -0.2) is 48.7 Å². The van der Waals surface area contributed by atoms with E-state index in [1.54, 1.807) is 6.08 Å². The molecule has 0 saturated carbocycles. The summed E-state index contributed by atoms with van der Waals surface area (Å²) in [5.41, 5.74) is 0.485. The van der Waals surface area contributed by atoms with Gasteiger partial charge in [-0.25, -0.2) is 4.79 Å². The third-order valence-corrected chi connectivity index (χ3v) is 2.74. The van der Waals surface area contributed by atoms with Gasteiger partial charge in [0.05, 0.1) is 0 Å². The van der Waals surface area contributed by atoms with Crippen LogP contribution in [0.4, 0.5) is 0 Å². The Balaban J connectivity index is 3.73. The van der Waals surface area contributed by atoms with E-state index >= 15 is 0 Å². The van der Waals surface area contributed by atoms with E-state index in [9.17, 15) is 4.79 Å². The fourth-order valence-electron chi connectivity index (χ4n) is 1.66. The fraction of sp³-hybridized carbons (Fsp3) is 0.769. The molecule has 0 aliphatic rings. The molecule has 0 fully saturated rings. The average Bonchev–Trinajstić information content (AvgIpc) is 2.31. The van der Waals surface area contributed by atoms with E-state index in [2.05, 4.69) is 24.1 Å². The summed E-state index contributed by atoms with van der Waals surface area (Å²) in [5, 5.41) is 12.1. The lowest BCUT2D eigenvalue weighted by Gasteiger charge is -2.19. The summed E-state index contributed by atoms with van der Waals surface area (Å²) in [6, 6.07) is 0. The van der Waals surface area contributed by atoms with Gasteiger partial charge in [-0.2, -0.15) is 0 Å². The highest BCUT2D eigenvalue weighted by Gasteiger charge is 2.03. The van der Waals surface area contributed by atoms with Gasteiger partial charge in [-0.3, -0.25) is 0 Å². The molecule has 0 aromatic heterocycles. The summed E-state index contributed by atoms with van der Waals surface area (Å²) in [7, 11) is 0. The molecule has 4 heteroatoms. The molecule has 0 aromatic carbocycles. The second kappa shape index (κ2) is 10.3. The van der Waals surface area contributed by atoms with Gasteiger partial charge in [-0.15, -0.1) is 0 Å². The number of hydrogen-bond acceptors (Lipinski definition) is 3. The second-order valence-electron chi connectivity index (χ2n) is 4.03. The highest BCUT2D eigenvalue weighted by Crippen LogP contribution is 1.98. The van der Waals surface area contributed by atoms with Gasteiger partial charge in [0.1, 0.15) is 0 Å². The Morgan fingerprint density at radius 2 is 2.00 bits per heavy atom. The zero-order valence-electron chi connectivity index (χ0n) is 11.3. The van der Waals surface area contributed by atoms with Crippen LogP contribution in [0.25, 0.3) is 0 Å². The molecule has 0 radical (unpaired) electrons. The van der Waals surface area contributed by atoms with Crippen molar-refractivity contribution in [1.29, 1.82) is 0 Å². The number of carbonyl (C=O) groups is 1. The standard InChI is InChI=1S/C13H26N2O2/c1-4-10-15(6-3)11-9-14-8-7-12(5-2)13(16)17/h7,14H,4-6,8-11H2,1-3H3,(H,16,17)/b12-7-. The number of carboxylic acid groups (broad SMARTS) is 1. The maximum Gasteiger partial charge on any atom is 0.331 e. The normalized spacial score (nSPS) is 12.1. The maximum absolute atomic E-state index is 10.7. The largest absolute Gasteiger partial charge is 0.478 e. The van der Waals surface area contributed by atoms with Crippen LogP contribution in [0.2, 0.25) is 0 Å². The molecular formula is C13H26N2O2. The van der Waals surface area contributed by atoms with Crippen molar-refractivity contribution in [2.75, 3.05) is 32.7 Å². The minimum atomic E-state index is -0.810. The van der Waals surface area contributed by atoms with E-state index in [0.29, 0.717) is 18.5 Å². The second-order valence-corrected chi connectivity index (χ2v) is 4.03. The number of rotatable bonds is 10. The summed E-state index contributed by atoms with van der Waals surface area (Å²) in [6.07, 6.45) is 3.51. The van der Waals surface area contributed by atoms with Crippen LogP contribution in [0, 0.1) is 0 Å². The first-order valence-electron chi connectivity index (χ1n) is 6.51. The van der Waals surface area contributed by atoms with E-state index in [-0.39, 0.29) is 0 Å². The van der Waals surface area contributed by atoms with E-state index < -0.39 is 5.97 Å². The Morgan fingerprint density at radius 1 is 1.29 bits per heavy atom. The lowest BCUT2D eigenvalue weighted by Crippen LogP contribution is -2.32. The average molecular weight is 242 g/mol. The SMILES string of the molecule is CCCN(CC)CCNC/C=C(/CC)C(=O)O. The Bertz CT molecular complexity index is 240. The Labute approximate surface area is 105 Å². The highest BCUT2D eigenvalue weighted by molar-refractivity contribution is 5.86. The van der Waals surface area contributed by atoms with Gasteiger partial charge < -0.3 is 15.3 Å². The quantitative estimate of drug-likeness (QED) is 0.452. The molecule has 0 aliphatic carbocycles. The predicted octanol–water partition coefficient (Wildman–Crippen LogP) is 1.73. The van der Waals surface area contributed by atoms with Gasteiger partial charge in [-0.05, 0) is 25.9 Å². The van der Waals surface area contributed by atoms with Crippen LogP contribution < -0.4 is 5.32 Å². The maximum atomic E-state index is 10.7. The van der Waals surface area contributed by atoms with Crippen molar-refractivity contribution in [3.05, 3.63) is 11.6 Å². The lowest BCUT2D eigenvalue weighted by atomic mass is 10.2. The Hall–Kier alpha value is -0.870. The Kier molecular flexibility index (Phi) is 9.77. The first-order chi connectivity index (χ1) is 8.15. The summed E-state index contributed by atoms with van der Waals surface area (Å²) in [4.78, 5) is 13.1. The highest BCUT2D eigenvalue weighted by atomic mass is 16.4. The monoisotopic (exact) mass is 242 g/mol. The number of likely N-dealkylation sites (N-methyl/N-ethyl adjacent to an activating group) is 1. The van der Waals surface area contributed by atoms with Gasteiger partial charge in [0.25, 0.3) is 0 Å². The van der Waals surface area contributed by atoms with Crippen LogP contribution in [0.3, 0.4) is 0 Å². The molecule has 4 nitrogen and oxygen atoms in total. The van der Waals surface area contributed by atoms with Crippen LogP contribution in [0.5, 0.6) is 0 Å². The third-order valence-electron chi connectivity index (χ3n) is 2.74. The van der Waals surface area contributed by atoms with E-state index in [1.165, 1.54) is 6.42 Å². The summed E-state index contributed by atoms with van der Waals surface area (Å²) in [5.74, 6) is -0.810. The van der Waals surface area contributed by atoms with Crippen LogP contribution >= 0.6 is 0 Å². The summed E-state index contributed by atoms with van der Waals surface area (Å²) in [6.45, 7) is 11.0. The molecule has 0 amide bonds. The molecule has 0 bridgehead atoms. The molecule has 0 aliphatic heterocycles. The van der Waals surface area contributed by atoms with Crippen molar-refractivity contribution in [3.8, 4) is 0 Å². The van der Waals surface area contributed by atoms with Gasteiger partial charge in [0.2, 0.25) is 0 Å². The van der Waals surface area contributed by atoms with E-state index in [1.807, 2.05) is 6.92 Å². The fourth-order valence-corrected chi connectivity index (χ4v) is 1.66. The molecule has 0 aromatic rings. The van der Waals surface area contributed by atoms with Crippen molar-refractivity contribution in [2.24, 2.45) is 0 Å². The van der Waals surface area contributed by atoms with Crippen molar-refractivity contribution in [1.82, 2.24) is 10.2 Å². The molecule has 100 valence electrons. The Morgan fingerprint density at radius 3 is 2.47 bits per heavy atom. The zero-order valence-corrected chi connectivity index (χ0v) is 11.3. The molecule has 0 atom stereocenters. The van der Waals surface area contributed by atoms with Crippen molar-refractivity contribution < 1.29 is 9.90 Å². The third kappa shape index (κ3) is 7.94. The minimum Gasteiger partial charge on any atom is -0.478 e. The topological polar surface area (TPSA) is 52.6 Å². The molecule has 2 N–H and O–H groups in total. The number of nitrogens with zero attached hydrogens (tertiary/aromatic N) is 1. The number of carboxylic acids is 1. The first kappa shape index (κ1) is 16.1. The minimum absolute atomic E-state index is 0.485. The molecule has 0 rings (SSSR count). The molecule has 17 heavy (non-hydrogen) atoms. The van der Waals surface area contributed by atoms with Gasteiger partial charge >= 0.3 is 5.97 Å². The molecule has 0 spiro atoms. The van der Waals surface area contributed by atoms with Crippen molar-refractivity contribution in [3.63, 3.8) is 0 Å². The van der Waals surface area contributed by atoms with E-state index in [4.69, 9.17) is 5.11 Å².